The molecule has 0 N–H and O–H groups in total. The highest BCUT2D eigenvalue weighted by Gasteiger charge is 2.37. The van der Waals surface area contributed by atoms with Crippen LogP contribution in [0.2, 0.25) is 0 Å². The lowest BCUT2D eigenvalue weighted by Crippen LogP contribution is -2.53. The monoisotopic (exact) mass is 360 g/mol. The molecule has 1 aromatic carbocycles. The van der Waals surface area contributed by atoms with Crippen LogP contribution < -0.4 is 4.90 Å². The van der Waals surface area contributed by atoms with Crippen LogP contribution in [0.5, 0.6) is 0 Å². The number of amides is 1. The van der Waals surface area contributed by atoms with Crippen molar-refractivity contribution in [1.82, 2.24) is 4.90 Å². The minimum absolute atomic E-state index is 0.0607. The maximum Gasteiger partial charge on any atom is 0.414 e. The van der Waals surface area contributed by atoms with Gasteiger partial charge >= 0.3 is 6.09 Å². The van der Waals surface area contributed by atoms with Gasteiger partial charge in [0, 0.05) is 11.4 Å². The quantitative estimate of drug-likeness (QED) is 0.822. The molecular weight excluding hydrogens is 339 g/mol. The van der Waals surface area contributed by atoms with Crippen LogP contribution in [0.3, 0.4) is 0 Å². The fourth-order valence-electron chi connectivity index (χ4n) is 3.70. The average Bonchev–Trinajstić information content (AvgIpc) is 3.14. The highest BCUT2D eigenvalue weighted by Crippen LogP contribution is 2.31. The van der Waals surface area contributed by atoms with Crippen LogP contribution in [0, 0.1) is 11.7 Å². The van der Waals surface area contributed by atoms with Crippen molar-refractivity contribution in [2.24, 2.45) is 5.92 Å². The average molecular weight is 360 g/mol. The highest BCUT2D eigenvalue weighted by atomic mass is 32.1. The van der Waals surface area contributed by atoms with Crippen molar-refractivity contribution in [1.29, 1.82) is 0 Å². The number of ether oxygens (including phenoxy) is 1. The Morgan fingerprint density at radius 2 is 2.12 bits per heavy atom. The lowest BCUT2D eigenvalue weighted by Gasteiger charge is -2.44. The first kappa shape index (κ1) is 16.5. The molecule has 132 valence electrons. The summed E-state index contributed by atoms with van der Waals surface area (Å²) < 4.78 is 19.5. The molecule has 0 spiro atoms. The Morgan fingerprint density at radius 1 is 1.28 bits per heavy atom. The molecule has 0 radical (unpaired) electrons. The van der Waals surface area contributed by atoms with Gasteiger partial charge in [-0.2, -0.15) is 0 Å². The summed E-state index contributed by atoms with van der Waals surface area (Å²) >= 11 is 1.57. The van der Waals surface area contributed by atoms with E-state index in [4.69, 9.17) is 4.74 Å². The number of thiophene rings is 1. The van der Waals surface area contributed by atoms with Gasteiger partial charge < -0.3 is 4.74 Å². The number of carbonyl (C=O) groups is 1. The third-order valence-electron chi connectivity index (χ3n) is 5.08. The van der Waals surface area contributed by atoms with E-state index >= 15 is 0 Å². The maximum atomic E-state index is 13.7. The standard InChI is InChI=1S/C19H21FN2O2S/c20-15-3-1-4-16(11-15)22(12-17-5-2-10-25-17)19(23)24-18-13-21-8-6-14(18)7-9-21/h1-5,10-11,14,18H,6-9,12-13H2/t18-/m0/s1. The number of piperidine rings is 3. The minimum atomic E-state index is -0.391. The van der Waals surface area contributed by atoms with E-state index in [9.17, 15) is 9.18 Å². The van der Waals surface area contributed by atoms with Crippen LogP contribution in [0.4, 0.5) is 14.9 Å². The number of hydrogen-bond acceptors (Lipinski definition) is 4. The molecule has 25 heavy (non-hydrogen) atoms. The third-order valence-corrected chi connectivity index (χ3v) is 5.94. The number of nitrogens with zero attached hydrogens (tertiary/aromatic N) is 2. The first-order valence-electron chi connectivity index (χ1n) is 8.67. The normalized spacial score (nSPS) is 24.9. The van der Waals surface area contributed by atoms with Crippen LogP contribution in [0.1, 0.15) is 17.7 Å². The van der Waals surface area contributed by atoms with E-state index < -0.39 is 6.09 Å². The van der Waals surface area contributed by atoms with Crippen molar-refractivity contribution < 1.29 is 13.9 Å². The summed E-state index contributed by atoms with van der Waals surface area (Å²) in [6.07, 6.45) is 1.72. The van der Waals surface area contributed by atoms with Gasteiger partial charge in [0.25, 0.3) is 0 Å². The second kappa shape index (κ2) is 7.14. The molecule has 3 fully saturated rings. The Hall–Kier alpha value is -1.92. The topological polar surface area (TPSA) is 32.8 Å². The summed E-state index contributed by atoms with van der Waals surface area (Å²) in [7, 11) is 0. The second-order valence-electron chi connectivity index (χ2n) is 6.71. The molecule has 4 nitrogen and oxygen atoms in total. The van der Waals surface area contributed by atoms with Gasteiger partial charge in [-0.05, 0) is 61.5 Å². The van der Waals surface area contributed by atoms with Gasteiger partial charge in [0.15, 0.2) is 0 Å². The van der Waals surface area contributed by atoms with Gasteiger partial charge in [-0.1, -0.05) is 12.1 Å². The zero-order chi connectivity index (χ0) is 17.2. The predicted molar refractivity (Wildman–Crippen MR) is 96.3 cm³/mol. The maximum absolute atomic E-state index is 13.7. The molecule has 3 saturated heterocycles. The van der Waals surface area contributed by atoms with Gasteiger partial charge in [-0.25, -0.2) is 9.18 Å². The molecular formula is C19H21FN2O2S. The van der Waals surface area contributed by atoms with Gasteiger partial charge in [-0.15, -0.1) is 11.3 Å². The Balaban J connectivity index is 1.53. The lowest BCUT2D eigenvalue weighted by molar-refractivity contribution is -0.0311. The molecule has 0 saturated carbocycles. The lowest BCUT2D eigenvalue weighted by atomic mass is 9.86. The molecule has 1 atom stereocenters. The second-order valence-corrected chi connectivity index (χ2v) is 7.74. The number of rotatable bonds is 4. The summed E-state index contributed by atoms with van der Waals surface area (Å²) in [5, 5.41) is 1.97. The molecule has 1 amide bonds. The Labute approximate surface area is 150 Å². The van der Waals surface area contributed by atoms with E-state index in [1.54, 1.807) is 23.5 Å². The van der Waals surface area contributed by atoms with Crippen LogP contribution >= 0.6 is 11.3 Å². The van der Waals surface area contributed by atoms with Crippen molar-refractivity contribution in [3.05, 3.63) is 52.5 Å². The molecule has 3 aliphatic rings. The van der Waals surface area contributed by atoms with Gasteiger partial charge in [0.2, 0.25) is 0 Å². The van der Waals surface area contributed by atoms with E-state index in [-0.39, 0.29) is 11.9 Å². The fraction of sp³-hybridized carbons (Fsp3) is 0.421. The number of hydrogen-bond donors (Lipinski definition) is 0. The summed E-state index contributed by atoms with van der Waals surface area (Å²) in [6.45, 7) is 3.40. The van der Waals surface area contributed by atoms with E-state index in [0.717, 1.165) is 37.4 Å². The van der Waals surface area contributed by atoms with E-state index in [2.05, 4.69) is 4.90 Å². The number of halogens is 1. The number of carbonyl (C=O) groups excluding carboxylic acids is 1. The van der Waals surface area contributed by atoms with Gasteiger partial charge in [0.05, 0.1) is 12.2 Å². The van der Waals surface area contributed by atoms with Gasteiger partial charge in [0.1, 0.15) is 11.9 Å². The first-order valence-corrected chi connectivity index (χ1v) is 9.55. The molecule has 0 aliphatic carbocycles. The largest absolute Gasteiger partial charge is 0.444 e. The van der Waals surface area contributed by atoms with Gasteiger partial charge in [-0.3, -0.25) is 9.80 Å². The summed E-state index contributed by atoms with van der Waals surface area (Å²) in [6, 6.07) is 10.0. The summed E-state index contributed by atoms with van der Waals surface area (Å²) in [5.41, 5.74) is 0.527. The van der Waals surface area contributed by atoms with Crippen molar-refractivity contribution in [2.45, 2.75) is 25.5 Å². The minimum Gasteiger partial charge on any atom is -0.444 e. The van der Waals surface area contributed by atoms with Crippen molar-refractivity contribution in [3.63, 3.8) is 0 Å². The SMILES string of the molecule is O=C(O[C@H]1CN2CCC1CC2)N(Cc1cccs1)c1cccc(F)c1. The van der Waals surface area contributed by atoms with Crippen LogP contribution in [-0.2, 0) is 11.3 Å². The van der Waals surface area contributed by atoms with Crippen molar-refractivity contribution in [3.8, 4) is 0 Å². The first-order chi connectivity index (χ1) is 12.2. The summed E-state index contributed by atoms with van der Waals surface area (Å²) in [5.74, 6) is 0.0920. The van der Waals surface area contributed by atoms with Crippen molar-refractivity contribution >= 4 is 23.1 Å². The smallest absolute Gasteiger partial charge is 0.414 e. The predicted octanol–water partition coefficient (Wildman–Crippen LogP) is 4.12. The molecule has 1 aromatic heterocycles. The molecule has 2 aromatic rings. The van der Waals surface area contributed by atoms with E-state index in [0.29, 0.717) is 18.2 Å². The Kier molecular flexibility index (Phi) is 4.72. The molecule has 0 unspecified atom stereocenters. The molecule has 3 aliphatic heterocycles. The Morgan fingerprint density at radius 3 is 2.76 bits per heavy atom. The van der Waals surface area contributed by atoms with Crippen LogP contribution in [-0.4, -0.2) is 36.7 Å². The van der Waals surface area contributed by atoms with Crippen molar-refractivity contribution in [2.75, 3.05) is 24.5 Å². The number of benzene rings is 1. The van der Waals surface area contributed by atoms with E-state index in [1.165, 1.54) is 17.0 Å². The zero-order valence-electron chi connectivity index (χ0n) is 13.9. The Bertz CT molecular complexity index is 729. The highest BCUT2D eigenvalue weighted by molar-refractivity contribution is 7.09. The molecule has 6 heteroatoms. The molecule has 2 bridgehead atoms. The fourth-order valence-corrected chi connectivity index (χ4v) is 4.39. The van der Waals surface area contributed by atoms with E-state index in [1.807, 2.05) is 17.5 Å². The zero-order valence-corrected chi connectivity index (χ0v) is 14.8. The van der Waals surface area contributed by atoms with Crippen LogP contribution in [0.15, 0.2) is 41.8 Å². The van der Waals surface area contributed by atoms with Crippen LogP contribution in [0.25, 0.3) is 0 Å². The summed E-state index contributed by atoms with van der Waals surface area (Å²) in [4.78, 5) is 17.8. The number of fused-ring (bicyclic) bond motifs is 3. The molecule has 5 rings (SSSR count). The molecule has 4 heterocycles. The number of anilines is 1. The third kappa shape index (κ3) is 3.70.